The first kappa shape index (κ1) is 20.7. The molecular weight excluding hydrogens is 372 g/mol. The Balaban J connectivity index is 0.000000755. The average molecular weight is 398 g/mol. The molecule has 0 bridgehead atoms. The monoisotopic (exact) mass is 398 g/mol. The molecule has 2 aromatic rings. The smallest absolute Gasteiger partial charge is 0.290 e. The maximum atomic E-state index is 13.0. The molecular formula is C21H26N4O4. The molecule has 4 rings (SSSR count). The summed E-state index contributed by atoms with van der Waals surface area (Å²) < 4.78 is 5.33. The summed E-state index contributed by atoms with van der Waals surface area (Å²) in [7, 11) is 0. The van der Waals surface area contributed by atoms with Gasteiger partial charge in [-0.3, -0.25) is 14.5 Å². The van der Waals surface area contributed by atoms with Crippen LogP contribution in [-0.4, -0.2) is 76.3 Å². The molecule has 1 N–H and O–H groups in total. The number of hydrogen-bond donors (Lipinski definition) is 1. The summed E-state index contributed by atoms with van der Waals surface area (Å²) in [6, 6.07) is 11.9. The lowest BCUT2D eigenvalue weighted by Gasteiger charge is -2.37. The second kappa shape index (κ2) is 9.97. The first-order chi connectivity index (χ1) is 14.2. The van der Waals surface area contributed by atoms with Crippen LogP contribution in [0.15, 0.2) is 36.4 Å². The number of rotatable bonds is 4. The Kier molecular flexibility index (Phi) is 7.13. The zero-order valence-corrected chi connectivity index (χ0v) is 16.5. The molecule has 8 nitrogen and oxygen atoms in total. The van der Waals surface area contributed by atoms with Gasteiger partial charge in [0.15, 0.2) is 0 Å². The van der Waals surface area contributed by atoms with Crippen molar-refractivity contribution in [3.8, 4) is 17.1 Å². The Morgan fingerprint density at radius 1 is 1.24 bits per heavy atom. The van der Waals surface area contributed by atoms with Crippen LogP contribution in [-0.2, 0) is 4.79 Å². The third-order valence-electron chi connectivity index (χ3n) is 5.21. The van der Waals surface area contributed by atoms with Crippen LogP contribution in [0.1, 0.15) is 30.1 Å². The van der Waals surface area contributed by atoms with Crippen molar-refractivity contribution >= 4 is 12.4 Å². The van der Waals surface area contributed by atoms with Crippen molar-refractivity contribution in [1.82, 2.24) is 20.0 Å². The Hall–Kier alpha value is -3.00. The summed E-state index contributed by atoms with van der Waals surface area (Å²) in [4.78, 5) is 25.8. The van der Waals surface area contributed by atoms with Crippen molar-refractivity contribution in [2.75, 3.05) is 32.8 Å². The van der Waals surface area contributed by atoms with Gasteiger partial charge < -0.3 is 14.7 Å². The van der Waals surface area contributed by atoms with E-state index in [1.165, 1.54) is 19.4 Å². The van der Waals surface area contributed by atoms with Gasteiger partial charge in [-0.2, -0.15) is 0 Å². The van der Waals surface area contributed by atoms with Gasteiger partial charge in [0.05, 0.1) is 12.3 Å². The summed E-state index contributed by atoms with van der Waals surface area (Å²) in [5, 5.41) is 15.2. The van der Waals surface area contributed by atoms with Crippen LogP contribution in [0.25, 0.3) is 11.3 Å². The Bertz CT molecular complexity index is 828. The fourth-order valence-corrected chi connectivity index (χ4v) is 3.87. The molecule has 0 saturated carbocycles. The number of carboxylic acid groups (broad SMARTS) is 1. The molecule has 3 heterocycles. The predicted molar refractivity (Wildman–Crippen MR) is 108 cm³/mol. The minimum absolute atomic E-state index is 0.109. The van der Waals surface area contributed by atoms with E-state index in [1.54, 1.807) is 6.07 Å². The van der Waals surface area contributed by atoms with Gasteiger partial charge >= 0.3 is 0 Å². The Morgan fingerprint density at radius 2 is 2.07 bits per heavy atom. The van der Waals surface area contributed by atoms with Gasteiger partial charge in [-0.25, -0.2) is 0 Å². The largest absolute Gasteiger partial charge is 0.483 e. The van der Waals surface area contributed by atoms with E-state index in [1.807, 2.05) is 42.2 Å². The molecule has 29 heavy (non-hydrogen) atoms. The van der Waals surface area contributed by atoms with Crippen LogP contribution >= 0.6 is 0 Å². The number of carbonyl (C=O) groups excluding carboxylic acids is 1. The van der Waals surface area contributed by atoms with Crippen LogP contribution in [0, 0.1) is 0 Å². The third-order valence-corrected chi connectivity index (χ3v) is 5.21. The number of fused-ring (bicyclic) bond motifs is 1. The minimum Gasteiger partial charge on any atom is -0.483 e. The van der Waals surface area contributed by atoms with E-state index < -0.39 is 0 Å². The van der Waals surface area contributed by atoms with Gasteiger partial charge in [0.2, 0.25) is 5.88 Å². The Morgan fingerprint density at radius 3 is 2.79 bits per heavy atom. The highest BCUT2D eigenvalue weighted by Gasteiger charge is 2.32. The molecule has 8 heteroatoms. The number of hydrogen-bond acceptors (Lipinski definition) is 6. The maximum absolute atomic E-state index is 13.0. The highest BCUT2D eigenvalue weighted by molar-refractivity contribution is 5.95. The fourth-order valence-electron chi connectivity index (χ4n) is 3.87. The second-order valence-corrected chi connectivity index (χ2v) is 6.96. The molecule has 2 fully saturated rings. The van der Waals surface area contributed by atoms with Gasteiger partial charge in [0.25, 0.3) is 12.4 Å². The molecule has 1 aromatic heterocycles. The lowest BCUT2D eigenvalue weighted by Crippen LogP contribution is -2.52. The number of benzene rings is 1. The Labute approximate surface area is 170 Å². The molecule has 0 radical (unpaired) electrons. The van der Waals surface area contributed by atoms with E-state index in [0.717, 1.165) is 30.9 Å². The predicted octanol–water partition coefficient (Wildman–Crippen LogP) is 2.16. The molecule has 0 aliphatic carbocycles. The van der Waals surface area contributed by atoms with Crippen LogP contribution in [0.3, 0.4) is 0 Å². The first-order valence-corrected chi connectivity index (χ1v) is 9.84. The number of nitrogens with zero attached hydrogens (tertiary/aromatic N) is 4. The third kappa shape index (κ3) is 5.08. The summed E-state index contributed by atoms with van der Waals surface area (Å²) >= 11 is 0. The SMILES string of the molecule is CCOc1ccc(-c2cccc(C(=O)N3CCN4CCCC4C3)c2)nn1.O=CO. The van der Waals surface area contributed by atoms with E-state index in [-0.39, 0.29) is 12.4 Å². The second-order valence-electron chi connectivity index (χ2n) is 6.96. The molecule has 2 saturated heterocycles. The van der Waals surface area contributed by atoms with Crippen LogP contribution in [0.2, 0.25) is 0 Å². The number of aromatic nitrogens is 2. The zero-order chi connectivity index (χ0) is 20.6. The summed E-state index contributed by atoms with van der Waals surface area (Å²) in [6.45, 7) is 6.04. The molecule has 1 aromatic carbocycles. The minimum atomic E-state index is -0.250. The van der Waals surface area contributed by atoms with Crippen LogP contribution in [0.4, 0.5) is 0 Å². The molecule has 0 spiro atoms. The van der Waals surface area contributed by atoms with E-state index >= 15 is 0 Å². The standard InChI is InChI=1S/C20H24N4O2.CH2O2/c1-2-26-19-9-8-18(21-22-19)15-5-3-6-16(13-15)20(25)24-12-11-23-10-4-7-17(23)14-24;2-1-3/h3,5-6,8-9,13,17H,2,4,7,10-12,14H2,1H3;1H,(H,2,3). The van der Waals surface area contributed by atoms with E-state index in [2.05, 4.69) is 15.1 Å². The molecule has 154 valence electrons. The van der Waals surface area contributed by atoms with Gasteiger partial charge in [-0.05, 0) is 44.5 Å². The van der Waals surface area contributed by atoms with Crippen LogP contribution in [0.5, 0.6) is 5.88 Å². The number of amides is 1. The van der Waals surface area contributed by atoms with Crippen molar-refractivity contribution in [3.05, 3.63) is 42.0 Å². The van der Waals surface area contributed by atoms with E-state index in [0.29, 0.717) is 24.1 Å². The van der Waals surface area contributed by atoms with Crippen molar-refractivity contribution in [1.29, 1.82) is 0 Å². The van der Waals surface area contributed by atoms with Gasteiger partial charge in [0, 0.05) is 42.9 Å². The lowest BCUT2D eigenvalue weighted by atomic mass is 10.1. The molecule has 2 aliphatic rings. The van der Waals surface area contributed by atoms with Gasteiger partial charge in [-0.15, -0.1) is 10.2 Å². The lowest BCUT2D eigenvalue weighted by molar-refractivity contribution is -0.122. The van der Waals surface area contributed by atoms with Gasteiger partial charge in [0.1, 0.15) is 0 Å². The van der Waals surface area contributed by atoms with Crippen molar-refractivity contribution in [2.24, 2.45) is 0 Å². The van der Waals surface area contributed by atoms with Crippen molar-refractivity contribution < 1.29 is 19.4 Å². The topological polar surface area (TPSA) is 95.9 Å². The van der Waals surface area contributed by atoms with Crippen molar-refractivity contribution in [2.45, 2.75) is 25.8 Å². The molecule has 1 unspecified atom stereocenters. The van der Waals surface area contributed by atoms with Gasteiger partial charge in [-0.1, -0.05) is 12.1 Å². The van der Waals surface area contributed by atoms with Crippen molar-refractivity contribution in [3.63, 3.8) is 0 Å². The number of ether oxygens (including phenoxy) is 1. The average Bonchev–Trinajstić information content (AvgIpc) is 3.22. The van der Waals surface area contributed by atoms with E-state index in [4.69, 9.17) is 14.6 Å². The summed E-state index contributed by atoms with van der Waals surface area (Å²) in [5.74, 6) is 0.621. The summed E-state index contributed by atoms with van der Waals surface area (Å²) in [6.07, 6.45) is 2.45. The molecule has 1 amide bonds. The molecule has 2 aliphatic heterocycles. The summed E-state index contributed by atoms with van der Waals surface area (Å²) in [5.41, 5.74) is 2.35. The highest BCUT2D eigenvalue weighted by atomic mass is 16.5. The first-order valence-electron chi connectivity index (χ1n) is 9.84. The van der Waals surface area contributed by atoms with E-state index in [9.17, 15) is 4.79 Å². The van der Waals surface area contributed by atoms with Crippen LogP contribution < -0.4 is 4.74 Å². The number of carbonyl (C=O) groups is 2. The fraction of sp³-hybridized carbons (Fsp3) is 0.429. The quantitative estimate of drug-likeness (QED) is 0.789. The zero-order valence-electron chi connectivity index (χ0n) is 16.5. The molecule has 1 atom stereocenters. The normalized spacial score (nSPS) is 18.4. The highest BCUT2D eigenvalue weighted by Crippen LogP contribution is 2.24. The maximum Gasteiger partial charge on any atom is 0.290 e. The number of piperazine rings is 1.